The quantitative estimate of drug-likeness (QED) is 0.487. The maximum absolute atomic E-state index is 12.1. The lowest BCUT2D eigenvalue weighted by Gasteiger charge is -2.13. The number of carbonyl (C=O) groups excluding carboxylic acids is 1. The zero-order valence-corrected chi connectivity index (χ0v) is 16.3. The van der Waals surface area contributed by atoms with Crippen LogP contribution in [0.2, 0.25) is 5.02 Å². The van der Waals surface area contributed by atoms with E-state index in [0.717, 1.165) is 17.8 Å². The number of rotatable bonds is 7. The Morgan fingerprint density at radius 1 is 1.07 bits per heavy atom. The molecular weight excluding hydrogens is 376 g/mol. The summed E-state index contributed by atoms with van der Waals surface area (Å²) in [7, 11) is 3.48. The normalized spacial score (nSPS) is 10.4. The molecule has 0 aliphatic carbocycles. The second-order valence-corrected chi connectivity index (χ2v) is 6.40. The first-order valence-electron chi connectivity index (χ1n) is 8.72. The van der Waals surface area contributed by atoms with Crippen LogP contribution in [0.4, 0.5) is 23.1 Å². The highest BCUT2D eigenvalue weighted by molar-refractivity contribution is 6.33. The summed E-state index contributed by atoms with van der Waals surface area (Å²) >= 11 is 6.26. The molecule has 3 rings (SSSR count). The van der Waals surface area contributed by atoms with Gasteiger partial charge in [0.1, 0.15) is 5.02 Å². The van der Waals surface area contributed by atoms with E-state index < -0.39 is 0 Å². The van der Waals surface area contributed by atoms with E-state index in [9.17, 15) is 4.79 Å². The van der Waals surface area contributed by atoms with Crippen molar-refractivity contribution in [1.29, 1.82) is 0 Å². The molecule has 0 aliphatic heterocycles. The van der Waals surface area contributed by atoms with Gasteiger partial charge in [-0.15, -0.1) is 0 Å². The van der Waals surface area contributed by atoms with Gasteiger partial charge in [0.05, 0.1) is 17.4 Å². The maximum atomic E-state index is 12.1. The Hall–Kier alpha value is -3.16. The number of aromatic nitrogens is 2. The minimum Gasteiger partial charge on any atom is -0.355 e. The van der Waals surface area contributed by atoms with Crippen LogP contribution in [0.25, 0.3) is 0 Å². The Bertz CT molecular complexity index is 978. The average Bonchev–Trinajstić information content (AvgIpc) is 2.71. The van der Waals surface area contributed by atoms with Gasteiger partial charge in [-0.2, -0.15) is 4.98 Å². The molecule has 0 saturated heterocycles. The van der Waals surface area contributed by atoms with Crippen molar-refractivity contribution in [3.63, 3.8) is 0 Å². The van der Waals surface area contributed by atoms with Crippen molar-refractivity contribution in [3.05, 3.63) is 70.9 Å². The zero-order chi connectivity index (χ0) is 19.9. The number of hydrogen-bond donors (Lipinski definition) is 4. The largest absolute Gasteiger partial charge is 0.355 e. The fraction of sp³-hybridized carbons (Fsp3) is 0.150. The number of carbonyl (C=O) groups is 1. The molecule has 1 amide bonds. The van der Waals surface area contributed by atoms with E-state index in [1.807, 2.05) is 37.4 Å². The van der Waals surface area contributed by atoms with Gasteiger partial charge >= 0.3 is 0 Å². The van der Waals surface area contributed by atoms with Crippen LogP contribution in [0.1, 0.15) is 15.9 Å². The lowest BCUT2D eigenvalue weighted by atomic mass is 10.1. The van der Waals surface area contributed by atoms with E-state index in [1.54, 1.807) is 25.2 Å². The molecule has 0 fully saturated rings. The minimum absolute atomic E-state index is 0.201. The summed E-state index contributed by atoms with van der Waals surface area (Å²) in [6, 6.07) is 15.1. The van der Waals surface area contributed by atoms with E-state index in [2.05, 4.69) is 31.2 Å². The Labute approximate surface area is 168 Å². The van der Waals surface area contributed by atoms with Crippen molar-refractivity contribution in [2.45, 2.75) is 6.54 Å². The van der Waals surface area contributed by atoms with E-state index in [4.69, 9.17) is 11.6 Å². The number of nitrogens with zero attached hydrogens (tertiary/aromatic N) is 2. The summed E-state index contributed by atoms with van der Waals surface area (Å²) in [4.78, 5) is 20.8. The van der Waals surface area contributed by atoms with Gasteiger partial charge in [0.15, 0.2) is 5.82 Å². The molecule has 0 atom stereocenters. The zero-order valence-electron chi connectivity index (χ0n) is 15.6. The summed E-state index contributed by atoms with van der Waals surface area (Å²) in [5.74, 6) is 0.598. The number of amides is 1. The van der Waals surface area contributed by atoms with Crippen molar-refractivity contribution in [2.24, 2.45) is 0 Å². The molecular formula is C20H21ClN6O. The first-order chi connectivity index (χ1) is 13.6. The molecule has 0 spiro atoms. The van der Waals surface area contributed by atoms with Crippen LogP contribution in [0.5, 0.6) is 0 Å². The van der Waals surface area contributed by atoms with Gasteiger partial charge in [-0.05, 0) is 36.9 Å². The summed E-state index contributed by atoms with van der Waals surface area (Å²) in [5.41, 5.74) is 3.10. The fourth-order valence-corrected chi connectivity index (χ4v) is 2.80. The number of hydrogen-bond acceptors (Lipinski definition) is 6. The standard InChI is InChI=1S/C20H21ClN6O/c1-22-11-13-6-5-7-14(10-13)25-20-24-12-16(21)18(27-20)26-17-9-4-3-8-15(17)19(28)23-2/h3-10,12,22H,11H2,1-2H3,(H,23,28)(H2,24,25,26,27). The third kappa shape index (κ3) is 4.76. The predicted molar refractivity (Wildman–Crippen MR) is 113 cm³/mol. The van der Waals surface area contributed by atoms with Crippen molar-refractivity contribution in [3.8, 4) is 0 Å². The van der Waals surface area contributed by atoms with E-state index in [0.29, 0.717) is 28.0 Å². The Morgan fingerprint density at radius 3 is 2.68 bits per heavy atom. The van der Waals surface area contributed by atoms with Gasteiger partial charge in [-0.3, -0.25) is 4.79 Å². The Balaban J connectivity index is 1.85. The molecule has 2 aromatic carbocycles. The monoisotopic (exact) mass is 396 g/mol. The highest BCUT2D eigenvalue weighted by Gasteiger charge is 2.12. The Kier molecular flexibility index (Phi) is 6.41. The number of nitrogens with one attached hydrogen (secondary N) is 4. The molecule has 8 heteroatoms. The van der Waals surface area contributed by atoms with Crippen LogP contribution >= 0.6 is 11.6 Å². The summed E-state index contributed by atoms with van der Waals surface area (Å²) < 4.78 is 0. The first kappa shape index (κ1) is 19.6. The van der Waals surface area contributed by atoms with Crippen LogP contribution in [0.3, 0.4) is 0 Å². The van der Waals surface area contributed by atoms with Gasteiger partial charge in [0, 0.05) is 19.3 Å². The van der Waals surface area contributed by atoms with Gasteiger partial charge in [-0.1, -0.05) is 35.9 Å². The third-order valence-electron chi connectivity index (χ3n) is 3.96. The smallest absolute Gasteiger partial charge is 0.253 e. The van der Waals surface area contributed by atoms with E-state index in [-0.39, 0.29) is 5.91 Å². The molecule has 1 heterocycles. The van der Waals surface area contributed by atoms with Crippen LogP contribution in [-0.2, 0) is 6.54 Å². The lowest BCUT2D eigenvalue weighted by Crippen LogP contribution is -2.19. The molecule has 144 valence electrons. The molecule has 4 N–H and O–H groups in total. The van der Waals surface area contributed by atoms with Gasteiger partial charge in [-0.25, -0.2) is 4.98 Å². The molecule has 28 heavy (non-hydrogen) atoms. The predicted octanol–water partition coefficient (Wildman–Crippen LogP) is 3.70. The summed E-state index contributed by atoms with van der Waals surface area (Å²) in [5, 5.41) is 12.4. The van der Waals surface area contributed by atoms with Crippen molar-refractivity contribution < 1.29 is 4.79 Å². The van der Waals surface area contributed by atoms with Crippen LogP contribution in [0.15, 0.2) is 54.7 Å². The molecule has 0 unspecified atom stereocenters. The molecule has 0 bridgehead atoms. The van der Waals surface area contributed by atoms with E-state index in [1.165, 1.54) is 6.20 Å². The van der Waals surface area contributed by atoms with E-state index >= 15 is 0 Å². The second kappa shape index (κ2) is 9.16. The maximum Gasteiger partial charge on any atom is 0.253 e. The number of halogens is 1. The van der Waals surface area contributed by atoms with Crippen molar-refractivity contribution in [2.75, 3.05) is 24.7 Å². The summed E-state index contributed by atoms with van der Waals surface area (Å²) in [6.45, 7) is 0.764. The first-order valence-corrected chi connectivity index (χ1v) is 9.09. The highest BCUT2D eigenvalue weighted by Crippen LogP contribution is 2.27. The Morgan fingerprint density at radius 2 is 1.89 bits per heavy atom. The molecule has 7 nitrogen and oxygen atoms in total. The number of benzene rings is 2. The van der Waals surface area contributed by atoms with Crippen LogP contribution < -0.4 is 21.3 Å². The lowest BCUT2D eigenvalue weighted by molar-refractivity contribution is 0.0964. The minimum atomic E-state index is -0.201. The summed E-state index contributed by atoms with van der Waals surface area (Å²) in [6.07, 6.45) is 1.51. The topological polar surface area (TPSA) is 91.0 Å². The SMILES string of the molecule is CNCc1cccc(Nc2ncc(Cl)c(Nc3ccccc3C(=O)NC)n2)c1. The molecule has 0 saturated carbocycles. The second-order valence-electron chi connectivity index (χ2n) is 6.00. The number of anilines is 4. The third-order valence-corrected chi connectivity index (χ3v) is 4.24. The fourth-order valence-electron chi connectivity index (χ4n) is 2.66. The van der Waals surface area contributed by atoms with Crippen molar-refractivity contribution >= 4 is 40.6 Å². The van der Waals surface area contributed by atoms with Gasteiger partial charge in [0.25, 0.3) is 5.91 Å². The van der Waals surface area contributed by atoms with Gasteiger partial charge < -0.3 is 21.3 Å². The highest BCUT2D eigenvalue weighted by atomic mass is 35.5. The van der Waals surface area contributed by atoms with Crippen molar-refractivity contribution in [1.82, 2.24) is 20.6 Å². The molecule has 0 aliphatic rings. The van der Waals surface area contributed by atoms with Crippen LogP contribution in [0, 0.1) is 0 Å². The average molecular weight is 397 g/mol. The van der Waals surface area contributed by atoms with Gasteiger partial charge in [0.2, 0.25) is 5.95 Å². The number of para-hydroxylation sites is 1. The molecule has 3 aromatic rings. The molecule has 1 aromatic heterocycles. The molecule has 0 radical (unpaired) electrons. The van der Waals surface area contributed by atoms with Crippen LogP contribution in [-0.4, -0.2) is 30.0 Å².